The van der Waals surface area contributed by atoms with Gasteiger partial charge in [-0.1, -0.05) is 0 Å². The van der Waals surface area contributed by atoms with Crippen LogP contribution in [0.15, 0.2) is 11.6 Å². The fourth-order valence-electron chi connectivity index (χ4n) is 2.53. The van der Waals surface area contributed by atoms with Gasteiger partial charge in [0.05, 0.1) is 7.11 Å². The average Bonchev–Trinajstić information content (AvgIpc) is 3.00. The molecule has 1 saturated carbocycles. The first kappa shape index (κ1) is 20.3. The molecule has 0 atom stereocenters. The third-order valence-corrected chi connectivity index (χ3v) is 4.43. The summed E-state index contributed by atoms with van der Waals surface area (Å²) in [4.78, 5) is 38.7. The van der Waals surface area contributed by atoms with Crippen LogP contribution < -0.4 is 16.4 Å². The quantitative estimate of drug-likeness (QED) is 0.601. The van der Waals surface area contributed by atoms with E-state index in [1.165, 1.54) is 18.4 Å². The predicted molar refractivity (Wildman–Crippen MR) is 91.9 cm³/mol. The Bertz CT molecular complexity index is 575. The van der Waals surface area contributed by atoms with Crippen molar-refractivity contribution in [1.82, 2.24) is 10.3 Å². The van der Waals surface area contributed by atoms with Crippen molar-refractivity contribution < 1.29 is 19.1 Å². The van der Waals surface area contributed by atoms with Crippen LogP contribution in [0.1, 0.15) is 25.7 Å². The number of amides is 2. The van der Waals surface area contributed by atoms with Crippen molar-refractivity contribution in [2.45, 2.75) is 31.2 Å². The number of ether oxygens (including phenoxy) is 1. The molecule has 0 unspecified atom stereocenters. The van der Waals surface area contributed by atoms with Gasteiger partial charge in [-0.2, -0.15) is 0 Å². The van der Waals surface area contributed by atoms with Gasteiger partial charge in [0, 0.05) is 31.0 Å². The Morgan fingerprint density at radius 1 is 1.38 bits per heavy atom. The lowest BCUT2D eigenvalue weighted by Crippen LogP contribution is -2.60. The molecule has 0 aromatic carbocycles. The van der Waals surface area contributed by atoms with E-state index in [1.807, 2.05) is 0 Å². The largest absolute Gasteiger partial charge is 0.468 e. The van der Waals surface area contributed by atoms with Crippen molar-refractivity contribution in [3.63, 3.8) is 0 Å². The van der Waals surface area contributed by atoms with Gasteiger partial charge < -0.3 is 21.1 Å². The molecule has 24 heavy (non-hydrogen) atoms. The minimum atomic E-state index is -0.919. The van der Waals surface area contributed by atoms with E-state index in [-0.39, 0.29) is 43.0 Å². The predicted octanol–water partition coefficient (Wildman–Crippen LogP) is 0.680. The van der Waals surface area contributed by atoms with Crippen LogP contribution in [0, 0.1) is 5.92 Å². The lowest BCUT2D eigenvalue weighted by Gasteiger charge is -2.42. The smallest absolute Gasteiger partial charge is 0.325 e. The molecule has 10 heteroatoms. The van der Waals surface area contributed by atoms with Gasteiger partial charge in [0.25, 0.3) is 0 Å². The summed E-state index contributed by atoms with van der Waals surface area (Å²) in [5, 5.41) is 7.65. The van der Waals surface area contributed by atoms with Crippen LogP contribution in [0.2, 0.25) is 0 Å². The Balaban J connectivity index is 0.00000288. The fraction of sp³-hybridized carbons (Fsp3) is 0.571. The van der Waals surface area contributed by atoms with Crippen molar-refractivity contribution in [1.29, 1.82) is 0 Å². The Morgan fingerprint density at radius 2 is 2.04 bits per heavy atom. The van der Waals surface area contributed by atoms with Gasteiger partial charge in [0.1, 0.15) is 5.54 Å². The monoisotopic (exact) mass is 376 g/mol. The van der Waals surface area contributed by atoms with Crippen LogP contribution in [0.5, 0.6) is 0 Å². The summed E-state index contributed by atoms with van der Waals surface area (Å²) in [6, 6.07) is 0. The number of carbonyl (C=O) groups excluding carboxylic acids is 3. The first-order chi connectivity index (χ1) is 10.9. The number of methoxy groups -OCH3 is 1. The highest BCUT2D eigenvalue weighted by molar-refractivity contribution is 7.13. The maximum Gasteiger partial charge on any atom is 0.325 e. The van der Waals surface area contributed by atoms with Crippen LogP contribution in [-0.2, 0) is 19.1 Å². The van der Waals surface area contributed by atoms with Crippen LogP contribution in [-0.4, -0.2) is 42.0 Å². The molecule has 0 aliphatic heterocycles. The molecule has 1 aliphatic rings. The molecule has 0 spiro atoms. The molecule has 1 heterocycles. The number of anilines is 1. The van der Waals surface area contributed by atoms with Crippen molar-refractivity contribution in [3.8, 4) is 0 Å². The minimum Gasteiger partial charge on any atom is -0.468 e. The number of thiazole rings is 1. The topological polar surface area (TPSA) is 123 Å². The molecule has 1 aromatic heterocycles. The van der Waals surface area contributed by atoms with Gasteiger partial charge >= 0.3 is 5.97 Å². The number of hydrogen-bond donors (Lipinski definition) is 3. The molecule has 1 aliphatic carbocycles. The summed E-state index contributed by atoms with van der Waals surface area (Å²) in [7, 11) is 1.31. The number of nitrogens with two attached hydrogens (primary N) is 1. The minimum absolute atomic E-state index is 0. The zero-order valence-electron chi connectivity index (χ0n) is 13.2. The molecule has 0 saturated heterocycles. The van der Waals surface area contributed by atoms with Gasteiger partial charge in [-0.15, -0.1) is 23.7 Å². The molecule has 2 amide bonds. The highest BCUT2D eigenvalue weighted by atomic mass is 35.5. The average molecular weight is 377 g/mol. The lowest BCUT2D eigenvalue weighted by atomic mass is 9.69. The lowest BCUT2D eigenvalue weighted by molar-refractivity contribution is -0.152. The third-order valence-electron chi connectivity index (χ3n) is 3.74. The van der Waals surface area contributed by atoms with E-state index in [4.69, 9.17) is 5.73 Å². The van der Waals surface area contributed by atoms with Crippen molar-refractivity contribution >= 4 is 46.7 Å². The Morgan fingerprint density at radius 3 is 2.62 bits per heavy atom. The second-order valence-electron chi connectivity index (χ2n) is 5.61. The molecule has 1 aromatic rings. The zero-order valence-corrected chi connectivity index (χ0v) is 14.9. The maximum absolute atomic E-state index is 11.7. The molecule has 0 radical (unpaired) electrons. The number of nitrogens with zero attached hydrogens (tertiary/aromatic N) is 1. The standard InChI is InChI=1S/C14H20N4O4S.ClH/c1-22-12(21)14(15)6-9(7-14)8-17-10(19)2-3-11(20)18-13-16-4-5-23-13;/h4-5,9H,2-3,6-8,15H2,1H3,(H,17,19)(H,16,18,20);1H. The molecular formula is C14H21ClN4O4S. The molecule has 134 valence electrons. The van der Waals surface area contributed by atoms with Gasteiger partial charge in [0.15, 0.2) is 5.13 Å². The molecular weight excluding hydrogens is 356 g/mol. The second kappa shape index (κ2) is 8.95. The molecule has 0 bridgehead atoms. The molecule has 1 fully saturated rings. The summed E-state index contributed by atoms with van der Waals surface area (Å²) in [6.07, 6.45) is 2.78. The van der Waals surface area contributed by atoms with Gasteiger partial charge in [-0.05, 0) is 18.8 Å². The number of hydrogen-bond acceptors (Lipinski definition) is 7. The number of esters is 1. The van der Waals surface area contributed by atoms with Crippen LogP contribution in [0.25, 0.3) is 0 Å². The highest BCUT2D eigenvalue weighted by Gasteiger charge is 2.47. The fourth-order valence-corrected chi connectivity index (χ4v) is 3.07. The van der Waals surface area contributed by atoms with E-state index in [2.05, 4.69) is 20.4 Å². The molecule has 2 rings (SSSR count). The van der Waals surface area contributed by atoms with Gasteiger partial charge in [-0.3, -0.25) is 14.4 Å². The zero-order chi connectivity index (χ0) is 16.9. The van der Waals surface area contributed by atoms with E-state index >= 15 is 0 Å². The first-order valence-corrected chi connectivity index (χ1v) is 8.14. The Kier molecular flexibility index (Phi) is 7.59. The third kappa shape index (κ3) is 5.43. The highest BCUT2D eigenvalue weighted by Crippen LogP contribution is 2.36. The van der Waals surface area contributed by atoms with E-state index < -0.39 is 11.5 Å². The molecule has 8 nitrogen and oxygen atoms in total. The van der Waals surface area contributed by atoms with E-state index in [1.54, 1.807) is 11.6 Å². The Hall–Kier alpha value is -1.71. The summed E-state index contributed by atoms with van der Waals surface area (Å²) >= 11 is 1.32. The normalized spacial score (nSPS) is 21.8. The van der Waals surface area contributed by atoms with Gasteiger partial charge in [0.2, 0.25) is 11.8 Å². The number of carbonyl (C=O) groups is 3. The van der Waals surface area contributed by atoms with E-state index in [0.717, 1.165) is 0 Å². The number of aromatic nitrogens is 1. The van der Waals surface area contributed by atoms with E-state index in [9.17, 15) is 14.4 Å². The number of halogens is 1. The number of rotatable bonds is 7. The maximum atomic E-state index is 11.7. The van der Waals surface area contributed by atoms with E-state index in [0.29, 0.717) is 24.5 Å². The Labute approximate surface area is 149 Å². The molecule has 4 N–H and O–H groups in total. The van der Waals surface area contributed by atoms with Crippen LogP contribution in [0.3, 0.4) is 0 Å². The van der Waals surface area contributed by atoms with Gasteiger partial charge in [-0.25, -0.2) is 4.98 Å². The summed E-state index contributed by atoms with van der Waals surface area (Å²) in [5.74, 6) is -0.705. The van der Waals surface area contributed by atoms with Crippen LogP contribution >= 0.6 is 23.7 Å². The summed E-state index contributed by atoms with van der Waals surface area (Å²) < 4.78 is 4.64. The SMILES string of the molecule is COC(=O)C1(N)CC(CNC(=O)CCC(=O)Nc2nccs2)C1.Cl. The number of nitrogens with one attached hydrogen (secondary N) is 2. The second-order valence-corrected chi connectivity index (χ2v) is 6.51. The first-order valence-electron chi connectivity index (χ1n) is 7.26. The summed E-state index contributed by atoms with van der Waals surface area (Å²) in [5.41, 5.74) is 4.95. The summed E-state index contributed by atoms with van der Waals surface area (Å²) in [6.45, 7) is 0.447. The van der Waals surface area contributed by atoms with Crippen LogP contribution in [0.4, 0.5) is 5.13 Å². The van der Waals surface area contributed by atoms with Crippen molar-refractivity contribution in [3.05, 3.63) is 11.6 Å². The van der Waals surface area contributed by atoms with Crippen molar-refractivity contribution in [2.75, 3.05) is 19.0 Å². The van der Waals surface area contributed by atoms with Crippen molar-refractivity contribution in [2.24, 2.45) is 11.7 Å².